The van der Waals surface area contributed by atoms with E-state index in [0.29, 0.717) is 19.3 Å². The van der Waals surface area contributed by atoms with Crippen molar-refractivity contribution >= 4 is 23.2 Å². The number of hydrogen-bond donors (Lipinski definition) is 2. The van der Waals surface area contributed by atoms with Crippen LogP contribution in [0.25, 0.3) is 0 Å². The highest BCUT2D eigenvalue weighted by Gasteiger charge is 2.31. The van der Waals surface area contributed by atoms with Crippen LogP contribution in [0, 0.1) is 5.92 Å². The molecule has 1 fully saturated rings. The van der Waals surface area contributed by atoms with Crippen molar-refractivity contribution < 1.29 is 28.2 Å². The first-order valence-corrected chi connectivity index (χ1v) is 6.91. The molecule has 0 radical (unpaired) electrons. The van der Waals surface area contributed by atoms with Crippen LogP contribution in [0.15, 0.2) is 11.4 Å². The number of rotatable bonds is 5. The summed E-state index contributed by atoms with van der Waals surface area (Å²) >= 11 is 1.00. The number of amides is 1. The van der Waals surface area contributed by atoms with Crippen molar-refractivity contribution in [1.29, 1.82) is 0 Å². The third-order valence-electron chi connectivity index (χ3n) is 3.17. The maximum absolute atomic E-state index is 12.2. The highest BCUT2D eigenvalue weighted by atomic mass is 32.1. The van der Waals surface area contributed by atoms with E-state index in [1.807, 2.05) is 0 Å². The van der Waals surface area contributed by atoms with Crippen LogP contribution in [-0.2, 0) is 4.79 Å². The molecule has 110 valence electrons. The molecule has 1 heterocycles. The van der Waals surface area contributed by atoms with Crippen molar-refractivity contribution in [2.45, 2.75) is 31.9 Å². The van der Waals surface area contributed by atoms with Crippen LogP contribution in [0.1, 0.15) is 28.9 Å². The molecule has 8 heteroatoms. The molecule has 1 aromatic rings. The van der Waals surface area contributed by atoms with Crippen LogP contribution >= 0.6 is 11.3 Å². The van der Waals surface area contributed by atoms with Gasteiger partial charge in [-0.1, -0.05) is 0 Å². The van der Waals surface area contributed by atoms with Gasteiger partial charge in [-0.25, -0.2) is 0 Å². The van der Waals surface area contributed by atoms with Gasteiger partial charge >= 0.3 is 12.6 Å². The lowest BCUT2D eigenvalue weighted by Crippen LogP contribution is -2.33. The number of thiophene rings is 1. The first-order chi connectivity index (χ1) is 9.47. The molecule has 2 rings (SSSR count). The summed E-state index contributed by atoms with van der Waals surface area (Å²) in [5.41, 5.74) is 0. The highest BCUT2D eigenvalue weighted by molar-refractivity contribution is 7.12. The smallest absolute Gasteiger partial charge is 0.387 e. The molecule has 1 aromatic heterocycles. The Labute approximate surface area is 117 Å². The highest BCUT2D eigenvalue weighted by Crippen LogP contribution is 2.29. The van der Waals surface area contributed by atoms with E-state index in [0.717, 1.165) is 11.3 Å². The van der Waals surface area contributed by atoms with Crippen molar-refractivity contribution in [1.82, 2.24) is 5.32 Å². The summed E-state index contributed by atoms with van der Waals surface area (Å²) in [7, 11) is 0. The number of carboxylic acids is 1. The summed E-state index contributed by atoms with van der Waals surface area (Å²) in [6.45, 7) is -2.99. The molecule has 1 aliphatic carbocycles. The Balaban J connectivity index is 1.96. The van der Waals surface area contributed by atoms with Gasteiger partial charge in [-0.15, -0.1) is 11.3 Å². The number of ether oxygens (including phenoxy) is 1. The second-order valence-corrected chi connectivity index (χ2v) is 5.43. The number of carbonyl (C=O) groups excluding carboxylic acids is 1. The Morgan fingerprint density at radius 1 is 1.45 bits per heavy atom. The zero-order valence-corrected chi connectivity index (χ0v) is 11.2. The van der Waals surface area contributed by atoms with Crippen molar-refractivity contribution in [3.8, 4) is 5.75 Å². The number of halogens is 2. The summed E-state index contributed by atoms with van der Waals surface area (Å²) in [6, 6.07) is 1.06. The van der Waals surface area contributed by atoms with Gasteiger partial charge in [0.1, 0.15) is 10.6 Å². The molecule has 2 N–H and O–H groups in total. The van der Waals surface area contributed by atoms with Crippen molar-refractivity contribution in [3.63, 3.8) is 0 Å². The molecule has 0 aliphatic heterocycles. The van der Waals surface area contributed by atoms with E-state index in [-0.39, 0.29) is 16.7 Å². The zero-order chi connectivity index (χ0) is 14.7. The van der Waals surface area contributed by atoms with Crippen LogP contribution in [0.2, 0.25) is 0 Å². The molecule has 0 saturated heterocycles. The summed E-state index contributed by atoms with van der Waals surface area (Å²) in [5, 5.41) is 13.0. The average molecular weight is 305 g/mol. The molecule has 0 unspecified atom stereocenters. The number of carbonyl (C=O) groups is 2. The van der Waals surface area contributed by atoms with Gasteiger partial charge in [-0.05, 0) is 30.7 Å². The lowest BCUT2D eigenvalue weighted by atomic mass is 10.1. The predicted molar refractivity (Wildman–Crippen MR) is 67.2 cm³/mol. The second-order valence-electron chi connectivity index (χ2n) is 4.51. The number of hydrogen-bond acceptors (Lipinski definition) is 4. The van der Waals surface area contributed by atoms with Gasteiger partial charge in [0.05, 0.1) is 5.92 Å². The topological polar surface area (TPSA) is 75.6 Å². The number of alkyl halides is 2. The van der Waals surface area contributed by atoms with Crippen molar-refractivity contribution in [3.05, 3.63) is 16.3 Å². The molecule has 0 bridgehead atoms. The average Bonchev–Trinajstić information content (AvgIpc) is 2.97. The summed E-state index contributed by atoms with van der Waals surface area (Å²) in [5.74, 6) is -2.00. The fraction of sp³-hybridized carbons (Fsp3) is 0.500. The predicted octanol–water partition coefficient (Wildman–Crippen LogP) is 2.33. The monoisotopic (exact) mass is 305 g/mol. The Hall–Kier alpha value is -1.70. The molecule has 1 saturated carbocycles. The van der Waals surface area contributed by atoms with Crippen LogP contribution in [0.4, 0.5) is 8.78 Å². The second kappa shape index (κ2) is 6.17. The Kier molecular flexibility index (Phi) is 4.53. The molecule has 1 aliphatic rings. The Morgan fingerprint density at radius 2 is 2.20 bits per heavy atom. The van der Waals surface area contributed by atoms with Gasteiger partial charge in [0.2, 0.25) is 0 Å². The Bertz CT molecular complexity index is 505. The van der Waals surface area contributed by atoms with E-state index in [9.17, 15) is 18.4 Å². The lowest BCUT2D eigenvalue weighted by Gasteiger charge is -2.12. The third kappa shape index (κ3) is 3.44. The molecule has 5 nitrogen and oxygen atoms in total. The van der Waals surface area contributed by atoms with Crippen LogP contribution in [-0.4, -0.2) is 29.6 Å². The number of aliphatic carboxylic acids is 1. The van der Waals surface area contributed by atoms with Gasteiger partial charge in [-0.2, -0.15) is 8.78 Å². The van der Waals surface area contributed by atoms with E-state index in [2.05, 4.69) is 10.1 Å². The third-order valence-corrected chi connectivity index (χ3v) is 4.06. The van der Waals surface area contributed by atoms with Gasteiger partial charge in [0.25, 0.3) is 5.91 Å². The van der Waals surface area contributed by atoms with Crippen LogP contribution in [0.5, 0.6) is 5.75 Å². The summed E-state index contributed by atoms with van der Waals surface area (Å²) in [4.78, 5) is 22.9. The quantitative estimate of drug-likeness (QED) is 0.875. The van der Waals surface area contributed by atoms with E-state index in [1.54, 1.807) is 0 Å². The lowest BCUT2D eigenvalue weighted by molar-refractivity contribution is -0.141. The molecular formula is C12H13F2NO4S. The minimum atomic E-state index is -2.99. The number of carboxylic acid groups (broad SMARTS) is 1. The minimum absolute atomic E-state index is 0.0732. The van der Waals surface area contributed by atoms with E-state index in [4.69, 9.17) is 5.11 Å². The van der Waals surface area contributed by atoms with Crippen LogP contribution in [0.3, 0.4) is 0 Å². The molecule has 0 aromatic carbocycles. The molecule has 0 spiro atoms. The first-order valence-electron chi connectivity index (χ1n) is 6.03. The minimum Gasteiger partial charge on any atom is -0.481 e. The van der Waals surface area contributed by atoms with Crippen molar-refractivity contribution in [2.24, 2.45) is 5.92 Å². The van der Waals surface area contributed by atoms with Crippen LogP contribution < -0.4 is 10.1 Å². The van der Waals surface area contributed by atoms with Gasteiger partial charge in [0.15, 0.2) is 0 Å². The normalized spacial score (nSPS) is 21.9. The Morgan fingerprint density at radius 3 is 2.80 bits per heavy atom. The molecule has 20 heavy (non-hydrogen) atoms. The fourth-order valence-corrected chi connectivity index (χ4v) is 2.97. The summed E-state index contributed by atoms with van der Waals surface area (Å²) < 4.78 is 28.6. The van der Waals surface area contributed by atoms with E-state index >= 15 is 0 Å². The standard InChI is InChI=1S/C12H13F2NO4S/c13-12(14)19-8-3-4-20-9(8)10(16)15-7-2-1-6(5-7)11(17)18/h3-4,6-7,12H,1-2,5H2,(H,15,16)(H,17,18)/t6-,7+/m0/s1. The van der Waals surface area contributed by atoms with E-state index in [1.165, 1.54) is 11.4 Å². The van der Waals surface area contributed by atoms with E-state index < -0.39 is 24.4 Å². The largest absolute Gasteiger partial charge is 0.481 e. The maximum Gasteiger partial charge on any atom is 0.387 e. The van der Waals surface area contributed by atoms with Gasteiger partial charge in [-0.3, -0.25) is 9.59 Å². The first kappa shape index (κ1) is 14.7. The molecule has 2 atom stereocenters. The van der Waals surface area contributed by atoms with Gasteiger partial charge in [0, 0.05) is 6.04 Å². The molecule has 1 amide bonds. The van der Waals surface area contributed by atoms with Gasteiger partial charge < -0.3 is 15.2 Å². The SMILES string of the molecule is O=C(N[C@@H]1CC[C@H](C(=O)O)C1)c1sccc1OC(F)F. The number of nitrogens with one attached hydrogen (secondary N) is 1. The van der Waals surface area contributed by atoms with Crippen molar-refractivity contribution in [2.75, 3.05) is 0 Å². The fourth-order valence-electron chi connectivity index (χ4n) is 2.24. The maximum atomic E-state index is 12.2. The zero-order valence-electron chi connectivity index (χ0n) is 10.3. The summed E-state index contributed by atoms with van der Waals surface area (Å²) in [6.07, 6.45) is 1.43. The molecular weight excluding hydrogens is 292 g/mol.